The number of aromatic nitrogens is 2. The van der Waals surface area contributed by atoms with Crippen LogP contribution in [-0.2, 0) is 19.6 Å². The largest absolute Gasteiger partial charge is 0.354 e. The number of para-hydroxylation sites is 1. The second kappa shape index (κ2) is 5.55. The Labute approximate surface area is 116 Å². The molecule has 0 amide bonds. The molecule has 0 saturated heterocycles. The van der Waals surface area contributed by atoms with Crippen molar-refractivity contribution >= 4 is 21.6 Å². The Bertz CT molecular complexity index is 636. The quantitative estimate of drug-likeness (QED) is 0.770. The van der Waals surface area contributed by atoms with E-state index in [1.165, 1.54) is 10.3 Å². The van der Waals surface area contributed by atoms with Crippen LogP contribution in [-0.4, -0.2) is 9.55 Å². The van der Waals surface area contributed by atoms with Crippen LogP contribution in [0.25, 0.3) is 10.2 Å². The summed E-state index contributed by atoms with van der Waals surface area (Å²) < 4.78 is 3.45. The van der Waals surface area contributed by atoms with Gasteiger partial charge in [-0.05, 0) is 30.7 Å². The predicted molar refractivity (Wildman–Crippen MR) is 80.3 cm³/mol. The van der Waals surface area contributed by atoms with Gasteiger partial charge in [-0.2, -0.15) is 0 Å². The van der Waals surface area contributed by atoms with Crippen LogP contribution < -0.4 is 5.32 Å². The van der Waals surface area contributed by atoms with E-state index in [9.17, 15) is 0 Å². The average molecular weight is 271 g/mol. The molecule has 0 aliphatic carbocycles. The van der Waals surface area contributed by atoms with E-state index in [-0.39, 0.29) is 0 Å². The molecule has 0 radical (unpaired) electrons. The number of hydrogen-bond acceptors (Lipinski definition) is 3. The standard InChI is InChI=1S/C15H17N3S/c1-2-18-8-7-12(11-18)9-16-10-15-17-13-5-3-4-6-14(13)19-15/h3-8,11,16H,2,9-10H2,1H3. The maximum Gasteiger partial charge on any atom is 0.108 e. The van der Waals surface area contributed by atoms with Crippen LogP contribution in [0.15, 0.2) is 42.7 Å². The summed E-state index contributed by atoms with van der Waals surface area (Å²) in [4.78, 5) is 4.62. The summed E-state index contributed by atoms with van der Waals surface area (Å²) in [5, 5.41) is 4.60. The zero-order valence-electron chi connectivity index (χ0n) is 11.0. The van der Waals surface area contributed by atoms with E-state index >= 15 is 0 Å². The molecule has 19 heavy (non-hydrogen) atoms. The van der Waals surface area contributed by atoms with E-state index in [0.29, 0.717) is 0 Å². The van der Waals surface area contributed by atoms with Crippen LogP contribution in [0, 0.1) is 0 Å². The van der Waals surface area contributed by atoms with Gasteiger partial charge in [-0.3, -0.25) is 0 Å². The molecule has 2 heterocycles. The lowest BCUT2D eigenvalue weighted by atomic mass is 10.3. The first-order valence-electron chi connectivity index (χ1n) is 6.55. The van der Waals surface area contributed by atoms with Gasteiger partial charge in [0.15, 0.2) is 0 Å². The fraction of sp³-hybridized carbons (Fsp3) is 0.267. The van der Waals surface area contributed by atoms with Crippen molar-refractivity contribution in [2.24, 2.45) is 0 Å². The minimum absolute atomic E-state index is 0.830. The highest BCUT2D eigenvalue weighted by atomic mass is 32.1. The SMILES string of the molecule is CCn1ccc(CNCc2nc3ccccc3s2)c1. The molecule has 3 nitrogen and oxygen atoms in total. The van der Waals surface area contributed by atoms with Gasteiger partial charge < -0.3 is 9.88 Å². The van der Waals surface area contributed by atoms with Crippen molar-refractivity contribution in [3.8, 4) is 0 Å². The summed E-state index contributed by atoms with van der Waals surface area (Å²) in [5.74, 6) is 0. The van der Waals surface area contributed by atoms with Gasteiger partial charge in [-0.25, -0.2) is 4.98 Å². The number of rotatable bonds is 5. The fourth-order valence-corrected chi connectivity index (χ4v) is 3.04. The highest BCUT2D eigenvalue weighted by Crippen LogP contribution is 2.21. The lowest BCUT2D eigenvalue weighted by molar-refractivity contribution is 0.686. The van der Waals surface area contributed by atoms with Crippen molar-refractivity contribution in [1.82, 2.24) is 14.9 Å². The van der Waals surface area contributed by atoms with Crippen LogP contribution in [0.4, 0.5) is 0 Å². The lowest BCUT2D eigenvalue weighted by Crippen LogP contribution is -2.11. The van der Waals surface area contributed by atoms with Crippen LogP contribution in [0.2, 0.25) is 0 Å². The van der Waals surface area contributed by atoms with Gasteiger partial charge in [-0.15, -0.1) is 11.3 Å². The van der Waals surface area contributed by atoms with Crippen molar-refractivity contribution in [3.05, 3.63) is 53.3 Å². The lowest BCUT2D eigenvalue weighted by Gasteiger charge is -2.00. The summed E-state index contributed by atoms with van der Waals surface area (Å²) in [7, 11) is 0. The van der Waals surface area contributed by atoms with Gasteiger partial charge in [0, 0.05) is 32.0 Å². The molecule has 1 N–H and O–H groups in total. The number of thiazole rings is 1. The predicted octanol–water partition coefficient (Wildman–Crippen LogP) is 3.41. The summed E-state index contributed by atoms with van der Waals surface area (Å²) in [5.41, 5.74) is 2.42. The molecule has 3 rings (SSSR count). The van der Waals surface area contributed by atoms with Crippen molar-refractivity contribution in [2.45, 2.75) is 26.6 Å². The summed E-state index contributed by atoms with van der Waals surface area (Å²) in [6.07, 6.45) is 4.31. The molecule has 0 bridgehead atoms. The zero-order chi connectivity index (χ0) is 13.1. The third kappa shape index (κ3) is 2.85. The third-order valence-corrected chi connectivity index (χ3v) is 4.16. The minimum atomic E-state index is 0.830. The van der Waals surface area contributed by atoms with E-state index in [0.717, 1.165) is 30.2 Å². The number of aryl methyl sites for hydroxylation is 1. The van der Waals surface area contributed by atoms with Gasteiger partial charge in [-0.1, -0.05) is 12.1 Å². The first-order valence-corrected chi connectivity index (χ1v) is 7.36. The monoisotopic (exact) mass is 271 g/mol. The first kappa shape index (κ1) is 12.4. The second-order valence-electron chi connectivity index (χ2n) is 4.53. The number of nitrogens with one attached hydrogen (secondary N) is 1. The molecule has 0 aliphatic rings. The molecular weight excluding hydrogens is 254 g/mol. The van der Waals surface area contributed by atoms with E-state index in [1.54, 1.807) is 11.3 Å². The molecule has 2 aromatic heterocycles. The molecule has 4 heteroatoms. The van der Waals surface area contributed by atoms with E-state index < -0.39 is 0 Å². The number of fused-ring (bicyclic) bond motifs is 1. The van der Waals surface area contributed by atoms with Gasteiger partial charge in [0.05, 0.1) is 10.2 Å². The number of hydrogen-bond donors (Lipinski definition) is 1. The van der Waals surface area contributed by atoms with Gasteiger partial charge >= 0.3 is 0 Å². The van der Waals surface area contributed by atoms with Crippen molar-refractivity contribution in [2.75, 3.05) is 0 Å². The molecule has 0 aliphatic heterocycles. The Kier molecular flexibility index (Phi) is 3.62. The number of benzene rings is 1. The Morgan fingerprint density at radius 2 is 2.11 bits per heavy atom. The summed E-state index contributed by atoms with van der Waals surface area (Å²) in [6.45, 7) is 4.90. The van der Waals surface area contributed by atoms with Gasteiger partial charge in [0.25, 0.3) is 0 Å². The molecule has 98 valence electrons. The summed E-state index contributed by atoms with van der Waals surface area (Å²) in [6, 6.07) is 10.4. The van der Waals surface area contributed by atoms with Crippen molar-refractivity contribution < 1.29 is 0 Å². The van der Waals surface area contributed by atoms with Crippen molar-refractivity contribution in [3.63, 3.8) is 0 Å². The molecule has 0 fully saturated rings. The molecule has 0 spiro atoms. The van der Waals surface area contributed by atoms with E-state index in [2.05, 4.69) is 58.5 Å². The highest BCUT2D eigenvalue weighted by molar-refractivity contribution is 7.18. The Morgan fingerprint density at radius 3 is 2.89 bits per heavy atom. The maximum atomic E-state index is 4.62. The van der Waals surface area contributed by atoms with Crippen LogP contribution in [0.5, 0.6) is 0 Å². The minimum Gasteiger partial charge on any atom is -0.354 e. The van der Waals surface area contributed by atoms with Gasteiger partial charge in [0.1, 0.15) is 5.01 Å². The third-order valence-electron chi connectivity index (χ3n) is 3.12. The topological polar surface area (TPSA) is 29.9 Å². The maximum absolute atomic E-state index is 4.62. The average Bonchev–Trinajstić information content (AvgIpc) is 3.04. The van der Waals surface area contributed by atoms with Crippen molar-refractivity contribution in [1.29, 1.82) is 0 Å². The molecule has 1 aromatic carbocycles. The number of nitrogens with zero attached hydrogens (tertiary/aromatic N) is 2. The molecule has 0 saturated carbocycles. The van der Waals surface area contributed by atoms with Gasteiger partial charge in [0.2, 0.25) is 0 Å². The van der Waals surface area contributed by atoms with E-state index in [1.807, 2.05) is 6.07 Å². The Balaban J connectivity index is 1.59. The normalized spacial score (nSPS) is 11.2. The van der Waals surface area contributed by atoms with Crippen LogP contribution >= 0.6 is 11.3 Å². The molecule has 0 atom stereocenters. The Morgan fingerprint density at radius 1 is 1.21 bits per heavy atom. The smallest absolute Gasteiger partial charge is 0.108 e. The van der Waals surface area contributed by atoms with E-state index in [4.69, 9.17) is 0 Å². The van der Waals surface area contributed by atoms with Crippen LogP contribution in [0.3, 0.4) is 0 Å². The van der Waals surface area contributed by atoms with Crippen LogP contribution in [0.1, 0.15) is 17.5 Å². The molecule has 3 aromatic rings. The Hall–Kier alpha value is -1.65. The molecular formula is C15H17N3S. The zero-order valence-corrected chi connectivity index (χ0v) is 11.8. The second-order valence-corrected chi connectivity index (χ2v) is 5.64. The fourth-order valence-electron chi connectivity index (χ4n) is 2.10. The highest BCUT2D eigenvalue weighted by Gasteiger charge is 2.02. The first-order chi connectivity index (χ1) is 9.35. The summed E-state index contributed by atoms with van der Waals surface area (Å²) >= 11 is 1.76. The molecule has 0 unspecified atom stereocenters.